The van der Waals surface area contributed by atoms with Crippen molar-refractivity contribution in [3.8, 4) is 0 Å². The van der Waals surface area contributed by atoms with Gasteiger partial charge in [-0.15, -0.1) is 0 Å². The second kappa shape index (κ2) is 4.94. The molecule has 1 heteroatoms. The fourth-order valence-electron chi connectivity index (χ4n) is 4.56. The smallest absolute Gasteiger partial charge is 0.0608 e. The summed E-state index contributed by atoms with van der Waals surface area (Å²) in [7, 11) is 0. The molecule has 114 valence electrons. The molecule has 4 aromatic carbocycles. The van der Waals surface area contributed by atoms with Gasteiger partial charge in [-0.2, -0.15) is 0 Å². The van der Waals surface area contributed by atoms with Gasteiger partial charge in [0.25, 0.3) is 0 Å². The fourth-order valence-corrected chi connectivity index (χ4v) is 4.56. The lowest BCUT2D eigenvalue weighted by Gasteiger charge is -2.29. The standard InChI is InChI=1S/C22H20O/c23-20-7-2-1-6-18(20)17-12-10-16-9-8-14-4-3-5-15-11-13-19(17)22(16)21(14)15/h3-5,8-13,18,20,23H,1-2,6-7H2/t18-,20+/m0/s1. The van der Waals surface area contributed by atoms with Crippen LogP contribution >= 0.6 is 0 Å². The second-order valence-corrected chi connectivity index (χ2v) is 6.97. The molecule has 2 atom stereocenters. The Balaban J connectivity index is 1.87. The second-order valence-electron chi connectivity index (χ2n) is 6.97. The van der Waals surface area contributed by atoms with Gasteiger partial charge >= 0.3 is 0 Å². The van der Waals surface area contributed by atoms with Gasteiger partial charge < -0.3 is 5.11 Å². The summed E-state index contributed by atoms with van der Waals surface area (Å²) in [5, 5.41) is 18.5. The van der Waals surface area contributed by atoms with Crippen LogP contribution in [-0.4, -0.2) is 11.2 Å². The number of hydrogen-bond donors (Lipinski definition) is 1. The van der Waals surface area contributed by atoms with E-state index >= 15 is 0 Å². The molecule has 0 aromatic heterocycles. The van der Waals surface area contributed by atoms with Crippen molar-refractivity contribution in [3.05, 3.63) is 60.2 Å². The molecule has 23 heavy (non-hydrogen) atoms. The molecule has 0 aliphatic heterocycles. The molecule has 1 aliphatic rings. The number of aliphatic hydroxyl groups excluding tert-OH is 1. The maximum Gasteiger partial charge on any atom is 0.0608 e. The monoisotopic (exact) mass is 300 g/mol. The van der Waals surface area contributed by atoms with Crippen molar-refractivity contribution in [2.75, 3.05) is 0 Å². The Kier molecular flexibility index (Phi) is 2.86. The summed E-state index contributed by atoms with van der Waals surface area (Å²) in [4.78, 5) is 0. The van der Waals surface area contributed by atoms with Gasteiger partial charge in [-0.25, -0.2) is 0 Å². The molecule has 0 unspecified atom stereocenters. The number of aliphatic hydroxyl groups is 1. The van der Waals surface area contributed by atoms with Crippen LogP contribution in [0.2, 0.25) is 0 Å². The SMILES string of the molecule is O[C@@H]1CCCC[C@H]1c1ccc2ccc3cccc4ccc1c2c34. The van der Waals surface area contributed by atoms with Gasteiger partial charge in [-0.05, 0) is 50.7 Å². The third-order valence-electron chi connectivity index (χ3n) is 5.69. The molecule has 0 saturated heterocycles. The topological polar surface area (TPSA) is 20.2 Å². The van der Waals surface area contributed by atoms with E-state index in [2.05, 4.69) is 54.6 Å². The summed E-state index contributed by atoms with van der Waals surface area (Å²) in [5.41, 5.74) is 1.34. The van der Waals surface area contributed by atoms with Gasteiger partial charge in [-0.3, -0.25) is 0 Å². The third kappa shape index (κ3) is 1.90. The van der Waals surface area contributed by atoms with Crippen molar-refractivity contribution < 1.29 is 5.11 Å². The molecule has 0 bridgehead atoms. The summed E-state index contributed by atoms with van der Waals surface area (Å²) >= 11 is 0. The summed E-state index contributed by atoms with van der Waals surface area (Å²) in [5.74, 6) is 0.285. The van der Waals surface area contributed by atoms with E-state index in [0.717, 1.165) is 19.3 Å². The first-order valence-corrected chi connectivity index (χ1v) is 8.67. The highest BCUT2D eigenvalue weighted by atomic mass is 16.3. The highest BCUT2D eigenvalue weighted by molar-refractivity contribution is 6.23. The summed E-state index contributed by atoms with van der Waals surface area (Å²) in [6.07, 6.45) is 4.23. The molecule has 0 amide bonds. The van der Waals surface area contributed by atoms with Crippen molar-refractivity contribution in [2.24, 2.45) is 0 Å². The molecule has 1 aliphatic carbocycles. The minimum Gasteiger partial charge on any atom is -0.392 e. The molecular weight excluding hydrogens is 280 g/mol. The fraction of sp³-hybridized carbons (Fsp3) is 0.273. The van der Waals surface area contributed by atoms with Crippen molar-refractivity contribution in [2.45, 2.75) is 37.7 Å². The van der Waals surface area contributed by atoms with Crippen LogP contribution in [0.3, 0.4) is 0 Å². The Morgan fingerprint density at radius 2 is 1.35 bits per heavy atom. The molecule has 0 spiro atoms. The van der Waals surface area contributed by atoms with Crippen molar-refractivity contribution in [1.29, 1.82) is 0 Å². The van der Waals surface area contributed by atoms with E-state index in [9.17, 15) is 5.11 Å². The normalized spacial score (nSPS) is 22.3. The van der Waals surface area contributed by atoms with E-state index in [4.69, 9.17) is 0 Å². The van der Waals surface area contributed by atoms with Crippen LogP contribution in [0.4, 0.5) is 0 Å². The molecule has 1 N–H and O–H groups in total. The molecule has 4 aromatic rings. The minimum absolute atomic E-state index is 0.192. The largest absolute Gasteiger partial charge is 0.392 e. The molecule has 0 radical (unpaired) electrons. The van der Waals surface area contributed by atoms with Crippen LogP contribution in [0.25, 0.3) is 32.3 Å². The molecule has 5 rings (SSSR count). The molecule has 1 fully saturated rings. The highest BCUT2D eigenvalue weighted by Crippen LogP contribution is 2.41. The van der Waals surface area contributed by atoms with Crippen LogP contribution in [0.1, 0.15) is 37.2 Å². The van der Waals surface area contributed by atoms with Gasteiger partial charge in [0.15, 0.2) is 0 Å². The van der Waals surface area contributed by atoms with E-state index in [0.29, 0.717) is 0 Å². The number of benzene rings is 4. The van der Waals surface area contributed by atoms with Crippen LogP contribution in [0, 0.1) is 0 Å². The molecule has 0 heterocycles. The van der Waals surface area contributed by atoms with E-state index in [1.54, 1.807) is 0 Å². The van der Waals surface area contributed by atoms with Crippen LogP contribution < -0.4 is 0 Å². The minimum atomic E-state index is -0.192. The first-order chi connectivity index (χ1) is 11.3. The third-order valence-corrected chi connectivity index (χ3v) is 5.69. The highest BCUT2D eigenvalue weighted by Gasteiger charge is 2.26. The summed E-state index contributed by atoms with van der Waals surface area (Å²) in [6.45, 7) is 0. The number of rotatable bonds is 1. The average Bonchev–Trinajstić information content (AvgIpc) is 2.60. The number of hydrogen-bond acceptors (Lipinski definition) is 1. The zero-order valence-corrected chi connectivity index (χ0v) is 13.1. The lowest BCUT2D eigenvalue weighted by Crippen LogP contribution is -2.22. The summed E-state index contributed by atoms with van der Waals surface area (Å²) in [6, 6.07) is 20.0. The van der Waals surface area contributed by atoms with E-state index in [1.807, 2.05) is 0 Å². The Labute approximate surface area is 135 Å². The Hall–Kier alpha value is -2.12. The van der Waals surface area contributed by atoms with E-state index in [1.165, 1.54) is 44.3 Å². The lowest BCUT2D eigenvalue weighted by atomic mass is 9.79. The van der Waals surface area contributed by atoms with Crippen LogP contribution in [0.5, 0.6) is 0 Å². The Morgan fingerprint density at radius 3 is 2.13 bits per heavy atom. The van der Waals surface area contributed by atoms with Crippen molar-refractivity contribution in [1.82, 2.24) is 0 Å². The van der Waals surface area contributed by atoms with E-state index in [-0.39, 0.29) is 12.0 Å². The van der Waals surface area contributed by atoms with Gasteiger partial charge in [0.1, 0.15) is 0 Å². The molecule has 1 saturated carbocycles. The van der Waals surface area contributed by atoms with Crippen LogP contribution in [0.15, 0.2) is 54.6 Å². The average molecular weight is 300 g/mol. The Bertz CT molecular complexity index is 985. The maximum atomic E-state index is 10.5. The van der Waals surface area contributed by atoms with Gasteiger partial charge in [0.2, 0.25) is 0 Å². The Morgan fingerprint density at radius 1 is 0.696 bits per heavy atom. The predicted molar refractivity (Wildman–Crippen MR) is 97.4 cm³/mol. The lowest BCUT2D eigenvalue weighted by molar-refractivity contribution is 0.107. The van der Waals surface area contributed by atoms with Gasteiger partial charge in [-0.1, -0.05) is 67.4 Å². The van der Waals surface area contributed by atoms with Crippen LogP contribution in [-0.2, 0) is 0 Å². The zero-order chi connectivity index (χ0) is 15.4. The molecule has 1 nitrogen and oxygen atoms in total. The quantitative estimate of drug-likeness (QED) is 0.453. The maximum absolute atomic E-state index is 10.5. The molecular formula is C22H20O. The van der Waals surface area contributed by atoms with Gasteiger partial charge in [0, 0.05) is 5.92 Å². The first kappa shape index (κ1) is 13.3. The van der Waals surface area contributed by atoms with E-state index < -0.39 is 0 Å². The first-order valence-electron chi connectivity index (χ1n) is 8.67. The van der Waals surface area contributed by atoms with Crippen molar-refractivity contribution >= 4 is 32.3 Å². The van der Waals surface area contributed by atoms with Crippen molar-refractivity contribution in [3.63, 3.8) is 0 Å². The predicted octanol–water partition coefficient (Wildman–Crippen LogP) is 5.60. The van der Waals surface area contributed by atoms with Gasteiger partial charge in [0.05, 0.1) is 6.10 Å². The summed E-state index contributed by atoms with van der Waals surface area (Å²) < 4.78 is 0. The zero-order valence-electron chi connectivity index (χ0n) is 13.1.